The van der Waals surface area contributed by atoms with Crippen molar-refractivity contribution in [3.63, 3.8) is 0 Å². The van der Waals surface area contributed by atoms with Crippen LogP contribution in [-0.2, 0) is 4.79 Å². The average molecular weight is 359 g/mol. The maximum Gasteiger partial charge on any atom is 0.281 e. The number of hydrogen-bond acceptors (Lipinski definition) is 2. The highest BCUT2D eigenvalue weighted by atomic mass is 79.9. The van der Waals surface area contributed by atoms with Crippen LogP contribution in [0.15, 0.2) is 64.8 Å². The molecule has 3 nitrogen and oxygen atoms in total. The predicted octanol–water partition coefficient (Wildman–Crippen LogP) is 3.71. The van der Waals surface area contributed by atoms with Crippen molar-refractivity contribution in [2.45, 2.75) is 0 Å². The quantitative estimate of drug-likeness (QED) is 0.655. The first kappa shape index (κ1) is 14.0. The molecule has 1 fully saturated rings. The van der Waals surface area contributed by atoms with Gasteiger partial charge in [-0.1, -0.05) is 52.3 Å². The number of nitrogens with zero attached hydrogens (tertiary/aromatic N) is 1. The molecular formula is C16H11BrN2OS. The topological polar surface area (TPSA) is 32.3 Å². The zero-order valence-electron chi connectivity index (χ0n) is 10.9. The minimum absolute atomic E-state index is 0.151. The van der Waals surface area contributed by atoms with Gasteiger partial charge in [0.05, 0.1) is 5.69 Å². The van der Waals surface area contributed by atoms with Crippen molar-refractivity contribution < 1.29 is 4.79 Å². The molecule has 0 bridgehead atoms. The van der Waals surface area contributed by atoms with E-state index >= 15 is 0 Å². The van der Waals surface area contributed by atoms with E-state index in [0.29, 0.717) is 10.8 Å². The van der Waals surface area contributed by atoms with Gasteiger partial charge in [-0.3, -0.25) is 9.69 Å². The third-order valence-electron chi connectivity index (χ3n) is 3.10. The van der Waals surface area contributed by atoms with E-state index in [1.807, 2.05) is 54.6 Å². The van der Waals surface area contributed by atoms with Crippen LogP contribution in [0.1, 0.15) is 5.56 Å². The van der Waals surface area contributed by atoms with E-state index < -0.39 is 0 Å². The maximum atomic E-state index is 12.5. The Morgan fingerprint density at radius 3 is 2.43 bits per heavy atom. The van der Waals surface area contributed by atoms with Gasteiger partial charge in [0.2, 0.25) is 0 Å². The second kappa shape index (κ2) is 5.79. The molecule has 1 heterocycles. The van der Waals surface area contributed by atoms with Gasteiger partial charge in [0, 0.05) is 4.47 Å². The van der Waals surface area contributed by atoms with Crippen molar-refractivity contribution >= 4 is 50.9 Å². The van der Waals surface area contributed by atoms with Crippen molar-refractivity contribution in [3.05, 3.63) is 70.3 Å². The molecule has 0 saturated carbocycles. The fourth-order valence-corrected chi connectivity index (χ4v) is 2.79. The molecule has 0 aliphatic carbocycles. The van der Waals surface area contributed by atoms with Crippen LogP contribution < -0.4 is 10.2 Å². The molecule has 0 spiro atoms. The summed E-state index contributed by atoms with van der Waals surface area (Å²) in [7, 11) is 0. The summed E-state index contributed by atoms with van der Waals surface area (Å²) >= 11 is 8.74. The number of thiocarbonyl (C=S) groups is 1. The maximum absolute atomic E-state index is 12.5. The molecule has 0 radical (unpaired) electrons. The fraction of sp³-hybridized carbons (Fsp3) is 0. The number of hydrogen-bond donors (Lipinski definition) is 1. The molecule has 1 amide bonds. The SMILES string of the molecule is O=C1/C(=C\c2ccccc2Br)NC(=S)N1c1ccccc1. The summed E-state index contributed by atoms with van der Waals surface area (Å²) in [5.74, 6) is -0.151. The van der Waals surface area contributed by atoms with Crippen LogP contribution in [0.5, 0.6) is 0 Å². The third-order valence-corrected chi connectivity index (χ3v) is 4.10. The van der Waals surface area contributed by atoms with E-state index in [1.54, 1.807) is 6.08 Å². The summed E-state index contributed by atoms with van der Waals surface area (Å²) < 4.78 is 0.927. The Morgan fingerprint density at radius 1 is 1.05 bits per heavy atom. The van der Waals surface area contributed by atoms with E-state index in [1.165, 1.54) is 4.90 Å². The largest absolute Gasteiger partial charge is 0.327 e. The van der Waals surface area contributed by atoms with Crippen LogP contribution in [0.25, 0.3) is 6.08 Å². The Balaban J connectivity index is 1.96. The zero-order valence-corrected chi connectivity index (χ0v) is 13.3. The van der Waals surface area contributed by atoms with Gasteiger partial charge in [-0.05, 0) is 42.1 Å². The lowest BCUT2D eigenvalue weighted by atomic mass is 10.2. The highest BCUT2D eigenvalue weighted by Crippen LogP contribution is 2.24. The second-order valence-corrected chi connectivity index (χ2v) is 5.73. The summed E-state index contributed by atoms with van der Waals surface area (Å²) in [6.07, 6.45) is 1.79. The molecule has 1 saturated heterocycles. The van der Waals surface area contributed by atoms with Crippen molar-refractivity contribution in [2.24, 2.45) is 0 Å². The molecule has 0 unspecified atom stereocenters. The van der Waals surface area contributed by atoms with Crippen molar-refractivity contribution in [2.75, 3.05) is 4.90 Å². The lowest BCUT2D eigenvalue weighted by Crippen LogP contribution is -2.30. The molecule has 5 heteroatoms. The van der Waals surface area contributed by atoms with Gasteiger partial charge < -0.3 is 5.32 Å². The van der Waals surface area contributed by atoms with Crippen LogP contribution in [0.3, 0.4) is 0 Å². The van der Waals surface area contributed by atoms with Crippen LogP contribution >= 0.6 is 28.1 Å². The van der Waals surface area contributed by atoms with E-state index in [0.717, 1.165) is 15.7 Å². The van der Waals surface area contributed by atoms with Crippen molar-refractivity contribution in [1.29, 1.82) is 0 Å². The Hall–Kier alpha value is -1.98. The summed E-state index contributed by atoms with van der Waals surface area (Å²) in [5, 5.41) is 3.37. The normalized spacial score (nSPS) is 16.4. The van der Waals surface area contributed by atoms with Crippen LogP contribution in [0, 0.1) is 0 Å². The molecule has 2 aromatic rings. The van der Waals surface area contributed by atoms with Gasteiger partial charge in [0.1, 0.15) is 5.70 Å². The lowest BCUT2D eigenvalue weighted by Gasteiger charge is -2.13. The van der Waals surface area contributed by atoms with Crippen LogP contribution in [-0.4, -0.2) is 11.0 Å². The highest BCUT2D eigenvalue weighted by Gasteiger charge is 2.31. The monoisotopic (exact) mass is 358 g/mol. The molecule has 1 N–H and O–H groups in total. The standard InChI is InChI=1S/C16H11BrN2OS/c17-13-9-5-4-6-11(13)10-14-15(20)19(16(21)18-14)12-7-2-1-3-8-12/h1-10H,(H,18,21)/b14-10+. The molecule has 21 heavy (non-hydrogen) atoms. The number of carbonyl (C=O) groups is 1. The molecular weight excluding hydrogens is 348 g/mol. The average Bonchev–Trinajstić information content (AvgIpc) is 2.77. The molecule has 2 aromatic carbocycles. The number of halogens is 1. The smallest absolute Gasteiger partial charge is 0.281 e. The van der Waals surface area contributed by atoms with Crippen molar-refractivity contribution in [3.8, 4) is 0 Å². The van der Waals surface area contributed by atoms with Gasteiger partial charge >= 0.3 is 0 Å². The summed E-state index contributed by atoms with van der Waals surface area (Å²) in [6.45, 7) is 0. The number of carbonyl (C=O) groups excluding carboxylic acids is 1. The lowest BCUT2D eigenvalue weighted by molar-refractivity contribution is -0.113. The number of anilines is 1. The molecule has 104 valence electrons. The molecule has 3 rings (SSSR count). The zero-order chi connectivity index (χ0) is 14.8. The van der Waals surface area contributed by atoms with Crippen LogP contribution in [0.2, 0.25) is 0 Å². The van der Waals surface area contributed by atoms with E-state index in [-0.39, 0.29) is 5.91 Å². The summed E-state index contributed by atoms with van der Waals surface area (Å²) in [5.41, 5.74) is 2.15. The van der Waals surface area contributed by atoms with Crippen LogP contribution in [0.4, 0.5) is 5.69 Å². The van der Waals surface area contributed by atoms with E-state index in [4.69, 9.17) is 12.2 Å². The Kier molecular flexibility index (Phi) is 3.86. The number of nitrogens with one attached hydrogen (secondary N) is 1. The molecule has 1 aliphatic rings. The highest BCUT2D eigenvalue weighted by molar-refractivity contribution is 9.10. The number of para-hydroxylation sites is 1. The molecule has 0 atom stereocenters. The first-order valence-corrected chi connectivity index (χ1v) is 7.53. The predicted molar refractivity (Wildman–Crippen MR) is 91.8 cm³/mol. The van der Waals surface area contributed by atoms with Crippen molar-refractivity contribution in [1.82, 2.24) is 5.32 Å². The van der Waals surface area contributed by atoms with Gasteiger partial charge in [-0.2, -0.15) is 0 Å². The van der Waals surface area contributed by atoms with Gasteiger partial charge in [-0.25, -0.2) is 0 Å². The Bertz CT molecular complexity index is 743. The first-order chi connectivity index (χ1) is 10.2. The molecule has 1 aliphatic heterocycles. The minimum atomic E-state index is -0.151. The molecule has 0 aromatic heterocycles. The van der Waals surface area contributed by atoms with E-state index in [9.17, 15) is 4.79 Å². The fourth-order valence-electron chi connectivity index (χ4n) is 2.09. The first-order valence-electron chi connectivity index (χ1n) is 6.33. The number of rotatable bonds is 2. The van der Waals surface area contributed by atoms with Gasteiger partial charge in [0.25, 0.3) is 5.91 Å². The van der Waals surface area contributed by atoms with Gasteiger partial charge in [0.15, 0.2) is 5.11 Å². The minimum Gasteiger partial charge on any atom is -0.327 e. The Morgan fingerprint density at radius 2 is 1.71 bits per heavy atom. The second-order valence-electron chi connectivity index (χ2n) is 4.49. The third kappa shape index (κ3) is 2.75. The summed E-state index contributed by atoms with van der Waals surface area (Å²) in [6, 6.07) is 17.1. The number of benzene rings is 2. The number of amides is 1. The van der Waals surface area contributed by atoms with E-state index in [2.05, 4.69) is 21.2 Å². The summed E-state index contributed by atoms with van der Waals surface area (Å²) in [4.78, 5) is 14.0. The van der Waals surface area contributed by atoms with Gasteiger partial charge in [-0.15, -0.1) is 0 Å². The Labute approximate surface area is 136 Å².